The number of fused-ring (bicyclic) bond motifs is 5. The van der Waals surface area contributed by atoms with E-state index in [0.717, 1.165) is 62.8 Å². The van der Waals surface area contributed by atoms with Crippen molar-refractivity contribution in [3.8, 4) is 11.5 Å². The second-order valence-electron chi connectivity index (χ2n) is 12.7. The van der Waals surface area contributed by atoms with Crippen molar-refractivity contribution in [2.75, 3.05) is 9.80 Å². The number of carbonyl (C=O) groups is 1. The Labute approximate surface area is 292 Å². The highest BCUT2D eigenvalue weighted by atomic mass is 16.6. The van der Waals surface area contributed by atoms with Gasteiger partial charge in [0.25, 0.3) is 0 Å². The summed E-state index contributed by atoms with van der Waals surface area (Å²) in [6.07, 6.45) is 6.43. The highest BCUT2D eigenvalue weighted by Gasteiger charge is 2.54. The van der Waals surface area contributed by atoms with E-state index in [-0.39, 0.29) is 5.97 Å². The van der Waals surface area contributed by atoms with Crippen molar-refractivity contribution in [3.63, 3.8) is 0 Å². The van der Waals surface area contributed by atoms with Crippen molar-refractivity contribution in [1.82, 2.24) is 0 Å². The van der Waals surface area contributed by atoms with E-state index in [0.29, 0.717) is 24.3 Å². The summed E-state index contributed by atoms with van der Waals surface area (Å²) < 4.78 is 13.6. The number of rotatable bonds is 6. The molecule has 1 aliphatic carbocycles. The molecule has 0 amide bonds. The molecular weight excluding hydrogens is 617 g/mol. The van der Waals surface area contributed by atoms with E-state index in [1.807, 2.05) is 72.8 Å². The Morgan fingerprint density at radius 1 is 0.500 bits per heavy atom. The van der Waals surface area contributed by atoms with E-state index in [9.17, 15) is 4.79 Å². The molecule has 0 aromatic heterocycles. The molecule has 0 saturated heterocycles. The molecule has 50 heavy (non-hydrogen) atoms. The Morgan fingerprint density at radius 3 is 1.38 bits per heavy atom. The van der Waals surface area contributed by atoms with E-state index in [4.69, 9.17) is 9.47 Å². The maximum atomic E-state index is 13.8. The van der Waals surface area contributed by atoms with Gasteiger partial charge in [-0.1, -0.05) is 84.9 Å². The number of ether oxygens (including phenoxy) is 2. The molecule has 0 N–H and O–H groups in total. The number of esters is 1. The zero-order chi connectivity index (χ0) is 33.5. The van der Waals surface area contributed by atoms with Crippen LogP contribution in [0.15, 0.2) is 181 Å². The van der Waals surface area contributed by atoms with E-state index in [1.165, 1.54) is 0 Å². The normalized spacial score (nSPS) is 15.3. The first-order chi connectivity index (χ1) is 24.7. The van der Waals surface area contributed by atoms with E-state index >= 15 is 0 Å². The molecule has 1 spiro atoms. The molecule has 0 unspecified atom stereocenters. The lowest BCUT2D eigenvalue weighted by molar-refractivity contribution is -0.145. The Kier molecular flexibility index (Phi) is 7.32. The fraction of sp³-hybridized carbons (Fsp3) is 0.0889. The van der Waals surface area contributed by atoms with Gasteiger partial charge in [-0.3, -0.25) is 0 Å². The van der Waals surface area contributed by atoms with Crippen LogP contribution in [0.2, 0.25) is 0 Å². The third-order valence-corrected chi connectivity index (χ3v) is 9.81. The van der Waals surface area contributed by atoms with Gasteiger partial charge in [0.15, 0.2) is 5.60 Å². The number of allylic oxidation sites excluding steroid dienone is 2. The lowest BCUT2D eigenvalue weighted by Gasteiger charge is -2.39. The molecule has 5 nitrogen and oxygen atoms in total. The molecule has 6 aromatic rings. The summed E-state index contributed by atoms with van der Waals surface area (Å²) >= 11 is 0. The highest BCUT2D eigenvalue weighted by Crippen LogP contribution is 2.59. The minimum Gasteiger partial charge on any atom is -0.456 e. The molecule has 242 valence electrons. The quantitative estimate of drug-likeness (QED) is 0.133. The molecule has 0 radical (unpaired) electrons. The van der Waals surface area contributed by atoms with Crippen LogP contribution < -0.4 is 14.5 Å². The van der Waals surface area contributed by atoms with Gasteiger partial charge in [-0.15, -0.1) is 0 Å². The predicted octanol–water partition coefficient (Wildman–Crippen LogP) is 11.6. The molecule has 0 bridgehead atoms. The summed E-state index contributed by atoms with van der Waals surface area (Å²) in [7, 11) is 0. The van der Waals surface area contributed by atoms with E-state index in [2.05, 4.69) is 107 Å². The summed E-state index contributed by atoms with van der Waals surface area (Å²) in [5.74, 6) is 1.07. The van der Waals surface area contributed by atoms with Gasteiger partial charge in [-0.05, 0) is 97.6 Å². The zero-order valence-corrected chi connectivity index (χ0v) is 27.4. The maximum Gasteiger partial charge on any atom is 0.335 e. The van der Waals surface area contributed by atoms with Crippen LogP contribution in [0.1, 0.15) is 30.4 Å². The molecular formula is C45H34N2O3. The molecule has 6 aromatic carbocycles. The van der Waals surface area contributed by atoms with Crippen molar-refractivity contribution in [1.29, 1.82) is 0 Å². The number of benzene rings is 6. The molecule has 0 atom stereocenters. The fourth-order valence-electron chi connectivity index (χ4n) is 7.62. The van der Waals surface area contributed by atoms with Gasteiger partial charge in [-0.2, -0.15) is 0 Å². The number of nitrogens with zero attached hydrogens (tertiary/aromatic N) is 2. The first kappa shape index (κ1) is 29.8. The molecule has 2 heterocycles. The largest absolute Gasteiger partial charge is 0.456 e. The number of hydrogen-bond acceptors (Lipinski definition) is 5. The van der Waals surface area contributed by atoms with Crippen molar-refractivity contribution < 1.29 is 14.3 Å². The average molecular weight is 651 g/mol. The van der Waals surface area contributed by atoms with Crippen LogP contribution in [0.4, 0.5) is 34.1 Å². The molecule has 3 aliphatic rings. The van der Waals surface area contributed by atoms with Crippen molar-refractivity contribution in [2.45, 2.75) is 24.9 Å². The smallest absolute Gasteiger partial charge is 0.335 e. The molecule has 5 heteroatoms. The van der Waals surface area contributed by atoms with Gasteiger partial charge in [0.1, 0.15) is 11.5 Å². The highest BCUT2D eigenvalue weighted by molar-refractivity contribution is 5.95. The van der Waals surface area contributed by atoms with Crippen LogP contribution in [-0.4, -0.2) is 5.97 Å². The summed E-state index contributed by atoms with van der Waals surface area (Å²) in [6, 6.07) is 53.8. The zero-order valence-electron chi connectivity index (χ0n) is 27.4. The van der Waals surface area contributed by atoms with Gasteiger partial charge in [-0.25, -0.2) is 4.79 Å². The Morgan fingerprint density at radius 2 is 0.940 bits per heavy atom. The van der Waals surface area contributed by atoms with Crippen LogP contribution in [0.5, 0.6) is 11.5 Å². The molecule has 0 fully saturated rings. The minimum atomic E-state index is -1.10. The summed E-state index contributed by atoms with van der Waals surface area (Å²) in [5, 5.41) is 0. The SMILES string of the molecule is O=C1OC2(C3=C1CCC=CC3)c1ccc(N(c3ccccc3)c3ccccc3)cc1Oc1cc(N(c3ccccc3)c3ccccc3)ccc12. The van der Waals surface area contributed by atoms with Crippen molar-refractivity contribution in [3.05, 3.63) is 192 Å². The number of anilines is 6. The average Bonchev–Trinajstić information content (AvgIpc) is 3.29. The maximum absolute atomic E-state index is 13.8. The summed E-state index contributed by atoms with van der Waals surface area (Å²) in [6.45, 7) is 0. The van der Waals surface area contributed by atoms with Gasteiger partial charge in [0.2, 0.25) is 0 Å². The molecule has 0 saturated carbocycles. The van der Waals surface area contributed by atoms with Crippen molar-refractivity contribution in [2.24, 2.45) is 0 Å². The van der Waals surface area contributed by atoms with Gasteiger partial charge >= 0.3 is 5.97 Å². The molecule has 2 aliphatic heterocycles. The summed E-state index contributed by atoms with van der Waals surface area (Å²) in [5.41, 5.74) is 8.31. The second kappa shape index (κ2) is 12.3. The Hall–Kier alpha value is -6.33. The van der Waals surface area contributed by atoms with Crippen molar-refractivity contribution >= 4 is 40.1 Å². The summed E-state index contributed by atoms with van der Waals surface area (Å²) in [4.78, 5) is 18.2. The third-order valence-electron chi connectivity index (χ3n) is 9.81. The topological polar surface area (TPSA) is 42.0 Å². The van der Waals surface area contributed by atoms with Gasteiger partial charge in [0.05, 0.1) is 0 Å². The van der Waals surface area contributed by atoms with Gasteiger partial charge < -0.3 is 19.3 Å². The van der Waals surface area contributed by atoms with Crippen LogP contribution in [0.25, 0.3) is 0 Å². The minimum absolute atomic E-state index is 0.249. The first-order valence-electron chi connectivity index (χ1n) is 17.1. The Balaban J connectivity index is 1.25. The number of hydrogen-bond donors (Lipinski definition) is 0. The Bertz CT molecular complexity index is 2050. The van der Waals surface area contributed by atoms with Crippen LogP contribution >= 0.6 is 0 Å². The van der Waals surface area contributed by atoms with Crippen LogP contribution in [0.3, 0.4) is 0 Å². The van der Waals surface area contributed by atoms with Crippen LogP contribution in [-0.2, 0) is 15.1 Å². The third kappa shape index (κ3) is 4.89. The predicted molar refractivity (Wildman–Crippen MR) is 199 cm³/mol. The lowest BCUT2D eigenvalue weighted by atomic mass is 9.75. The van der Waals surface area contributed by atoms with Crippen LogP contribution in [0, 0.1) is 0 Å². The number of para-hydroxylation sites is 4. The standard InChI is InChI=1S/C45H34N2O3/c48-44-38-24-14-5-15-25-39(38)45(50-44)40-28-26-36(46(32-16-6-1-7-17-32)33-18-8-2-9-19-33)30-42(40)49-43-31-37(27-29-41(43)45)47(34-20-10-3-11-21-34)35-22-12-4-13-23-35/h1-13,15-23,26-31H,14,24-25H2. The second-order valence-corrected chi connectivity index (χ2v) is 12.7. The first-order valence-corrected chi connectivity index (χ1v) is 17.1. The van der Waals surface area contributed by atoms with Gasteiger partial charge in [0, 0.05) is 63.0 Å². The lowest BCUT2D eigenvalue weighted by Crippen LogP contribution is -2.34. The molecule has 9 rings (SSSR count). The fourth-order valence-corrected chi connectivity index (χ4v) is 7.62. The number of carbonyl (C=O) groups excluding carboxylic acids is 1. The van der Waals surface area contributed by atoms with E-state index in [1.54, 1.807) is 0 Å². The monoisotopic (exact) mass is 650 g/mol. The van der Waals surface area contributed by atoms with E-state index < -0.39 is 5.60 Å².